The van der Waals surface area contributed by atoms with Crippen LogP contribution in [0.15, 0.2) is 72.8 Å². The summed E-state index contributed by atoms with van der Waals surface area (Å²) in [5, 5.41) is 2.88. The Morgan fingerprint density at radius 3 is 2.61 bits per heavy atom. The molecular formula is C29H34N2O2. The van der Waals surface area contributed by atoms with Crippen LogP contribution in [0.2, 0.25) is 0 Å². The largest absolute Gasteiger partial charge is 0.481 e. The van der Waals surface area contributed by atoms with Crippen molar-refractivity contribution in [3.8, 4) is 5.75 Å². The molecule has 1 amide bonds. The number of hydrogen-bond acceptors (Lipinski definition) is 3. The number of nitrogens with zero attached hydrogens (tertiary/aromatic N) is 1. The number of amides is 1. The molecule has 3 aromatic rings. The van der Waals surface area contributed by atoms with E-state index in [9.17, 15) is 4.79 Å². The first kappa shape index (κ1) is 23.1. The SMILES string of the molecule is CCNC(=O)[C@@H](CC)Oc1ccc2c(c1)[C@H](c1ccccc1)N(Cc1cccc(C)c1)CC2. The van der Waals surface area contributed by atoms with Crippen LogP contribution in [0.25, 0.3) is 0 Å². The molecule has 0 unspecified atom stereocenters. The minimum absolute atomic E-state index is 0.0570. The summed E-state index contributed by atoms with van der Waals surface area (Å²) in [5.41, 5.74) is 6.51. The number of nitrogens with one attached hydrogen (secondary N) is 1. The lowest BCUT2D eigenvalue weighted by Crippen LogP contribution is -2.38. The average Bonchev–Trinajstić information content (AvgIpc) is 2.83. The van der Waals surface area contributed by atoms with Gasteiger partial charge in [-0.3, -0.25) is 9.69 Å². The van der Waals surface area contributed by atoms with E-state index in [0.717, 1.165) is 25.3 Å². The van der Waals surface area contributed by atoms with E-state index in [-0.39, 0.29) is 11.9 Å². The van der Waals surface area contributed by atoms with Crippen LogP contribution in [0, 0.1) is 6.92 Å². The fourth-order valence-corrected chi connectivity index (χ4v) is 4.73. The molecule has 1 aliphatic heterocycles. The summed E-state index contributed by atoms with van der Waals surface area (Å²) in [6.45, 7) is 8.55. The summed E-state index contributed by atoms with van der Waals surface area (Å²) in [4.78, 5) is 14.9. The molecule has 4 rings (SSSR count). The molecule has 0 radical (unpaired) electrons. The van der Waals surface area contributed by atoms with Crippen molar-refractivity contribution in [1.82, 2.24) is 10.2 Å². The zero-order chi connectivity index (χ0) is 23.2. The fourth-order valence-electron chi connectivity index (χ4n) is 4.73. The highest BCUT2D eigenvalue weighted by atomic mass is 16.5. The Morgan fingerprint density at radius 2 is 1.88 bits per heavy atom. The van der Waals surface area contributed by atoms with Crippen molar-refractivity contribution in [2.24, 2.45) is 0 Å². The first-order chi connectivity index (χ1) is 16.1. The normalized spacial score (nSPS) is 16.6. The Kier molecular flexibility index (Phi) is 7.46. The van der Waals surface area contributed by atoms with Gasteiger partial charge in [0.05, 0.1) is 6.04 Å². The van der Waals surface area contributed by atoms with Gasteiger partial charge in [-0.1, -0.05) is 73.2 Å². The second-order valence-corrected chi connectivity index (χ2v) is 8.79. The van der Waals surface area contributed by atoms with Crippen molar-refractivity contribution in [1.29, 1.82) is 0 Å². The number of carbonyl (C=O) groups excluding carboxylic acids is 1. The molecule has 172 valence electrons. The van der Waals surface area contributed by atoms with Gasteiger partial charge in [-0.05, 0) is 61.1 Å². The lowest BCUT2D eigenvalue weighted by Gasteiger charge is -2.38. The van der Waals surface area contributed by atoms with Gasteiger partial charge >= 0.3 is 0 Å². The highest BCUT2D eigenvalue weighted by Gasteiger charge is 2.29. The molecule has 1 N–H and O–H groups in total. The number of carbonyl (C=O) groups is 1. The van der Waals surface area contributed by atoms with Gasteiger partial charge in [-0.25, -0.2) is 0 Å². The molecular weight excluding hydrogens is 408 g/mol. The van der Waals surface area contributed by atoms with E-state index >= 15 is 0 Å². The Labute approximate surface area is 197 Å². The first-order valence-electron chi connectivity index (χ1n) is 12.0. The van der Waals surface area contributed by atoms with Gasteiger partial charge in [0.15, 0.2) is 6.10 Å². The van der Waals surface area contributed by atoms with E-state index in [1.54, 1.807) is 0 Å². The average molecular weight is 443 g/mol. The molecule has 0 saturated heterocycles. The maximum absolute atomic E-state index is 12.4. The van der Waals surface area contributed by atoms with Crippen molar-refractivity contribution in [2.75, 3.05) is 13.1 Å². The Morgan fingerprint density at radius 1 is 1.06 bits per heavy atom. The molecule has 4 heteroatoms. The second-order valence-electron chi connectivity index (χ2n) is 8.79. The number of likely N-dealkylation sites (N-methyl/N-ethyl adjacent to an activating group) is 1. The minimum Gasteiger partial charge on any atom is -0.481 e. The quantitative estimate of drug-likeness (QED) is 0.505. The fraction of sp³-hybridized carbons (Fsp3) is 0.345. The standard InChI is InChI=1S/C29H34N2O2/c1-4-27(29(32)30-5-2)33-25-15-14-23-16-17-31(20-22-11-9-10-21(3)18-22)28(26(23)19-25)24-12-7-6-8-13-24/h6-15,18-19,27-28H,4-5,16-17,20H2,1-3H3,(H,30,32)/t27-,28+/m1/s1. The van der Waals surface area contributed by atoms with Gasteiger partial charge in [0, 0.05) is 19.6 Å². The van der Waals surface area contributed by atoms with E-state index in [4.69, 9.17) is 4.74 Å². The summed E-state index contributed by atoms with van der Waals surface area (Å²) in [7, 11) is 0. The van der Waals surface area contributed by atoms with Crippen molar-refractivity contribution < 1.29 is 9.53 Å². The van der Waals surface area contributed by atoms with Crippen LogP contribution in [0.4, 0.5) is 0 Å². The lowest BCUT2D eigenvalue weighted by atomic mass is 9.87. The third kappa shape index (κ3) is 5.45. The molecule has 3 aromatic carbocycles. The van der Waals surface area contributed by atoms with Crippen LogP contribution >= 0.6 is 0 Å². The third-order valence-corrected chi connectivity index (χ3v) is 6.32. The molecule has 0 fully saturated rings. The monoisotopic (exact) mass is 442 g/mol. The number of benzene rings is 3. The number of rotatable bonds is 8. The Balaban J connectivity index is 1.68. The number of aryl methyl sites for hydroxylation is 1. The maximum atomic E-state index is 12.4. The summed E-state index contributed by atoms with van der Waals surface area (Å²) in [6, 6.07) is 25.9. The van der Waals surface area contributed by atoms with Crippen LogP contribution in [0.3, 0.4) is 0 Å². The summed E-state index contributed by atoms with van der Waals surface area (Å²) in [6.07, 6.45) is 1.15. The highest BCUT2D eigenvalue weighted by Crippen LogP contribution is 2.38. The second kappa shape index (κ2) is 10.7. The van der Waals surface area contributed by atoms with Gasteiger partial charge < -0.3 is 10.1 Å². The Hall–Kier alpha value is -3.11. The molecule has 0 aliphatic carbocycles. The van der Waals surface area contributed by atoms with Gasteiger partial charge in [-0.15, -0.1) is 0 Å². The molecule has 33 heavy (non-hydrogen) atoms. The topological polar surface area (TPSA) is 41.6 Å². The van der Waals surface area contributed by atoms with Crippen LogP contribution in [-0.4, -0.2) is 30.0 Å². The third-order valence-electron chi connectivity index (χ3n) is 6.32. The van der Waals surface area contributed by atoms with Crippen LogP contribution in [-0.2, 0) is 17.8 Å². The van der Waals surface area contributed by atoms with Gasteiger partial charge in [0.2, 0.25) is 0 Å². The molecule has 1 aliphatic rings. The molecule has 0 bridgehead atoms. The van der Waals surface area contributed by atoms with Crippen LogP contribution in [0.5, 0.6) is 5.75 Å². The maximum Gasteiger partial charge on any atom is 0.261 e. The van der Waals surface area contributed by atoms with E-state index < -0.39 is 6.10 Å². The zero-order valence-corrected chi connectivity index (χ0v) is 19.9. The van der Waals surface area contributed by atoms with E-state index in [1.165, 1.54) is 27.8 Å². The predicted molar refractivity (Wildman–Crippen MR) is 133 cm³/mol. The summed E-state index contributed by atoms with van der Waals surface area (Å²) < 4.78 is 6.17. The number of ether oxygens (including phenoxy) is 1. The van der Waals surface area contributed by atoms with Crippen molar-refractivity contribution in [2.45, 2.75) is 52.3 Å². The Bertz CT molecular complexity index is 1080. The smallest absolute Gasteiger partial charge is 0.261 e. The first-order valence-corrected chi connectivity index (χ1v) is 12.0. The van der Waals surface area contributed by atoms with E-state index in [1.807, 2.05) is 19.9 Å². The van der Waals surface area contributed by atoms with Crippen LogP contribution in [0.1, 0.15) is 54.1 Å². The van der Waals surface area contributed by atoms with Crippen LogP contribution < -0.4 is 10.1 Å². The number of hydrogen-bond donors (Lipinski definition) is 1. The number of fused-ring (bicyclic) bond motifs is 1. The summed E-state index contributed by atoms with van der Waals surface area (Å²) in [5.74, 6) is 0.698. The molecule has 0 saturated carbocycles. The van der Waals surface area contributed by atoms with E-state index in [0.29, 0.717) is 13.0 Å². The van der Waals surface area contributed by atoms with Crippen molar-refractivity contribution in [3.05, 3.63) is 101 Å². The van der Waals surface area contributed by atoms with Gasteiger partial charge in [-0.2, -0.15) is 0 Å². The predicted octanol–water partition coefficient (Wildman–Crippen LogP) is 5.44. The van der Waals surface area contributed by atoms with Crippen molar-refractivity contribution >= 4 is 5.91 Å². The molecule has 0 aromatic heterocycles. The minimum atomic E-state index is -0.481. The zero-order valence-electron chi connectivity index (χ0n) is 19.9. The highest BCUT2D eigenvalue weighted by molar-refractivity contribution is 5.81. The van der Waals surface area contributed by atoms with E-state index in [2.05, 4.69) is 83.9 Å². The van der Waals surface area contributed by atoms with Crippen molar-refractivity contribution in [3.63, 3.8) is 0 Å². The van der Waals surface area contributed by atoms with Gasteiger partial charge in [0.25, 0.3) is 5.91 Å². The van der Waals surface area contributed by atoms with Gasteiger partial charge in [0.1, 0.15) is 5.75 Å². The molecule has 1 heterocycles. The molecule has 2 atom stereocenters. The summed E-state index contributed by atoms with van der Waals surface area (Å²) >= 11 is 0. The lowest BCUT2D eigenvalue weighted by molar-refractivity contribution is -0.128. The molecule has 4 nitrogen and oxygen atoms in total. The molecule has 0 spiro atoms.